The molecule has 1 aromatic carbocycles. The average Bonchev–Trinajstić information content (AvgIpc) is 3.34. The third-order valence-electron chi connectivity index (χ3n) is 5.91. The number of pyridine rings is 2. The molecule has 0 radical (unpaired) electrons. The van der Waals surface area contributed by atoms with Gasteiger partial charge >= 0.3 is 12.1 Å². The van der Waals surface area contributed by atoms with Crippen molar-refractivity contribution in [2.45, 2.75) is 24.6 Å². The van der Waals surface area contributed by atoms with Gasteiger partial charge in [0.05, 0.1) is 17.6 Å². The van der Waals surface area contributed by atoms with Crippen LogP contribution in [0.15, 0.2) is 55.0 Å². The minimum absolute atomic E-state index is 0.0220. The van der Waals surface area contributed by atoms with E-state index in [4.69, 9.17) is 4.74 Å². The number of benzene rings is 1. The summed E-state index contributed by atoms with van der Waals surface area (Å²) in [5.74, 6) is -9.35. The highest BCUT2D eigenvalue weighted by molar-refractivity contribution is 5.99. The van der Waals surface area contributed by atoms with E-state index in [0.29, 0.717) is 5.65 Å². The number of amides is 1. The number of fused-ring (bicyclic) bond motifs is 2. The Labute approximate surface area is 209 Å². The molecule has 0 N–H and O–H groups in total. The van der Waals surface area contributed by atoms with Gasteiger partial charge in [-0.25, -0.2) is 27.9 Å². The number of halogens is 6. The second-order valence-electron chi connectivity index (χ2n) is 8.46. The number of rotatable bonds is 4. The highest BCUT2D eigenvalue weighted by Gasteiger charge is 2.48. The van der Waals surface area contributed by atoms with Crippen molar-refractivity contribution in [2.75, 3.05) is 13.1 Å². The van der Waals surface area contributed by atoms with Gasteiger partial charge in [-0.15, -0.1) is 0 Å². The molecule has 14 heteroatoms. The van der Waals surface area contributed by atoms with Crippen molar-refractivity contribution in [1.29, 1.82) is 0 Å². The van der Waals surface area contributed by atoms with E-state index in [-0.39, 0.29) is 23.0 Å². The topological polar surface area (TPSA) is 86.0 Å². The number of carbonyl (C=O) groups excluding carboxylic acids is 2. The molecule has 0 unspecified atom stereocenters. The van der Waals surface area contributed by atoms with Crippen LogP contribution in [0.5, 0.6) is 11.6 Å². The summed E-state index contributed by atoms with van der Waals surface area (Å²) in [6.45, 7) is -1.00. The Bertz CT molecular complexity index is 1550. The Balaban J connectivity index is 1.47. The van der Waals surface area contributed by atoms with Gasteiger partial charge in [-0.1, -0.05) is 0 Å². The Kier molecular flexibility index (Phi) is 6.12. The van der Waals surface area contributed by atoms with Gasteiger partial charge in [0.2, 0.25) is 0 Å². The molecule has 0 bridgehead atoms. The standard InChI is InChI=1S/C24H16F6N4O4/c25-14-3-4-16-13(10-14)11-17(37-22(36)24(28,29)30)20(32-16)38-18-12-34(8-5-23(18,26)27)21(35)15-2-1-7-33-9-6-31-19(15)33/h1-4,6-7,9-11,18H,5,8,12H2/t18-/m0/s1. The lowest BCUT2D eigenvalue weighted by molar-refractivity contribution is -0.190. The second kappa shape index (κ2) is 9.19. The minimum Gasteiger partial charge on any atom is -0.463 e. The summed E-state index contributed by atoms with van der Waals surface area (Å²) in [7, 11) is 0. The van der Waals surface area contributed by atoms with Crippen LogP contribution in [0.4, 0.5) is 26.3 Å². The zero-order chi connectivity index (χ0) is 27.2. The van der Waals surface area contributed by atoms with Crippen LogP contribution < -0.4 is 9.47 Å². The normalized spacial score (nSPS) is 17.5. The summed E-state index contributed by atoms with van der Waals surface area (Å²) in [6.07, 6.45) is -3.59. The van der Waals surface area contributed by atoms with E-state index in [2.05, 4.69) is 14.7 Å². The predicted molar refractivity (Wildman–Crippen MR) is 118 cm³/mol. The predicted octanol–water partition coefficient (Wildman–Crippen LogP) is 4.42. The van der Waals surface area contributed by atoms with E-state index in [0.717, 1.165) is 29.2 Å². The van der Waals surface area contributed by atoms with Crippen LogP contribution in [0.1, 0.15) is 16.8 Å². The SMILES string of the molecule is O=C(c1cccn2ccnc12)N1CCC(F)(F)[C@@H](Oc2nc3ccc(F)cc3cc2OC(=O)C(F)(F)F)C1. The van der Waals surface area contributed by atoms with Crippen LogP contribution in [-0.4, -0.2) is 62.4 Å². The molecular weight excluding hydrogens is 522 g/mol. The molecular formula is C24H16F6N4O4. The maximum Gasteiger partial charge on any atom is 0.491 e. The number of ether oxygens (including phenoxy) is 2. The monoisotopic (exact) mass is 538 g/mol. The highest BCUT2D eigenvalue weighted by Crippen LogP contribution is 2.37. The van der Waals surface area contributed by atoms with Gasteiger partial charge in [-0.3, -0.25) is 4.79 Å². The Morgan fingerprint density at radius 3 is 2.66 bits per heavy atom. The summed E-state index contributed by atoms with van der Waals surface area (Å²) in [5, 5.41) is -0.0673. The first-order valence-electron chi connectivity index (χ1n) is 11.1. The molecule has 4 heterocycles. The third-order valence-corrected chi connectivity index (χ3v) is 5.91. The van der Waals surface area contributed by atoms with Crippen molar-refractivity contribution in [3.63, 3.8) is 0 Å². The van der Waals surface area contributed by atoms with Gasteiger partial charge in [0.15, 0.2) is 11.9 Å². The number of imidazole rings is 1. The van der Waals surface area contributed by atoms with Crippen LogP contribution in [0.25, 0.3) is 16.6 Å². The highest BCUT2D eigenvalue weighted by atomic mass is 19.4. The Morgan fingerprint density at radius 2 is 1.89 bits per heavy atom. The first-order valence-corrected chi connectivity index (χ1v) is 11.1. The molecule has 0 saturated carbocycles. The van der Waals surface area contributed by atoms with Crippen molar-refractivity contribution in [3.8, 4) is 11.6 Å². The molecule has 5 rings (SSSR count). The number of likely N-dealkylation sites (tertiary alicyclic amines) is 1. The lowest BCUT2D eigenvalue weighted by Crippen LogP contribution is -2.55. The number of esters is 1. The summed E-state index contributed by atoms with van der Waals surface area (Å²) < 4.78 is 93.2. The fourth-order valence-electron chi connectivity index (χ4n) is 4.02. The number of aromatic nitrogens is 3. The van der Waals surface area contributed by atoms with E-state index < -0.39 is 60.5 Å². The second-order valence-corrected chi connectivity index (χ2v) is 8.46. The number of nitrogens with zero attached hydrogens (tertiary/aromatic N) is 4. The molecule has 1 aliphatic rings. The fraction of sp³-hybridized carbons (Fsp3) is 0.250. The van der Waals surface area contributed by atoms with Crippen molar-refractivity contribution < 1.29 is 45.4 Å². The van der Waals surface area contributed by atoms with Crippen molar-refractivity contribution in [3.05, 3.63) is 66.4 Å². The molecule has 0 aliphatic carbocycles. The first kappa shape index (κ1) is 25.3. The zero-order valence-electron chi connectivity index (χ0n) is 19.1. The molecule has 8 nitrogen and oxygen atoms in total. The maximum absolute atomic E-state index is 14.9. The van der Waals surface area contributed by atoms with Crippen LogP contribution in [0.3, 0.4) is 0 Å². The Hall–Kier alpha value is -4.36. The third kappa shape index (κ3) is 4.80. The van der Waals surface area contributed by atoms with Gasteiger partial charge in [0, 0.05) is 36.9 Å². The van der Waals surface area contributed by atoms with Crippen LogP contribution >= 0.6 is 0 Å². The van der Waals surface area contributed by atoms with Gasteiger partial charge in [-0.05, 0) is 36.4 Å². The van der Waals surface area contributed by atoms with Crippen LogP contribution in [0, 0.1) is 5.82 Å². The summed E-state index contributed by atoms with van der Waals surface area (Å²) in [6, 6.07) is 6.93. The fourth-order valence-corrected chi connectivity index (χ4v) is 4.02. The summed E-state index contributed by atoms with van der Waals surface area (Å²) >= 11 is 0. The quantitative estimate of drug-likeness (QED) is 0.283. The van der Waals surface area contributed by atoms with Crippen molar-refractivity contribution >= 4 is 28.4 Å². The van der Waals surface area contributed by atoms with E-state index in [1.165, 1.54) is 12.3 Å². The zero-order valence-corrected chi connectivity index (χ0v) is 19.1. The number of carbonyl (C=O) groups is 2. The lowest BCUT2D eigenvalue weighted by atomic mass is 10.0. The molecule has 3 aromatic heterocycles. The lowest BCUT2D eigenvalue weighted by Gasteiger charge is -2.38. The largest absolute Gasteiger partial charge is 0.491 e. The van der Waals surface area contributed by atoms with E-state index in [9.17, 15) is 35.9 Å². The Morgan fingerprint density at radius 1 is 1.11 bits per heavy atom. The summed E-state index contributed by atoms with van der Waals surface area (Å²) in [4.78, 5) is 33.7. The van der Waals surface area contributed by atoms with E-state index >= 15 is 0 Å². The van der Waals surface area contributed by atoms with Crippen molar-refractivity contribution in [1.82, 2.24) is 19.3 Å². The molecule has 1 aliphatic heterocycles. The summed E-state index contributed by atoms with van der Waals surface area (Å²) in [5.41, 5.74) is 0.426. The molecule has 38 heavy (non-hydrogen) atoms. The number of piperidine rings is 1. The van der Waals surface area contributed by atoms with Crippen molar-refractivity contribution in [2.24, 2.45) is 0 Å². The van der Waals surface area contributed by atoms with Gasteiger partial charge in [-0.2, -0.15) is 13.2 Å². The molecule has 1 saturated heterocycles. The van der Waals surface area contributed by atoms with Gasteiger partial charge in [0.25, 0.3) is 17.7 Å². The first-order chi connectivity index (χ1) is 17.9. The van der Waals surface area contributed by atoms with Gasteiger partial charge < -0.3 is 18.8 Å². The molecule has 1 amide bonds. The van der Waals surface area contributed by atoms with E-state index in [1.54, 1.807) is 22.9 Å². The average molecular weight is 538 g/mol. The number of hydrogen-bond donors (Lipinski definition) is 0. The molecule has 198 valence electrons. The van der Waals surface area contributed by atoms with Gasteiger partial charge in [0.1, 0.15) is 11.5 Å². The molecule has 0 spiro atoms. The van der Waals surface area contributed by atoms with E-state index in [1.807, 2.05) is 0 Å². The smallest absolute Gasteiger partial charge is 0.463 e. The minimum atomic E-state index is -5.42. The maximum atomic E-state index is 14.9. The van der Waals surface area contributed by atoms with Crippen LogP contribution in [-0.2, 0) is 4.79 Å². The van der Waals surface area contributed by atoms with Crippen LogP contribution in [0.2, 0.25) is 0 Å². The molecule has 4 aromatic rings. The number of alkyl halides is 5. The molecule has 1 atom stereocenters. The molecule has 1 fully saturated rings. The number of hydrogen-bond acceptors (Lipinski definition) is 6.